The highest BCUT2D eigenvalue weighted by molar-refractivity contribution is 5.91. The number of amides is 1. The minimum Gasteiger partial charge on any atom is -0.494 e. The fourth-order valence-corrected chi connectivity index (χ4v) is 3.40. The van der Waals surface area contributed by atoms with Crippen LogP contribution in [0.3, 0.4) is 0 Å². The Morgan fingerprint density at radius 1 is 1.04 bits per heavy atom. The fraction of sp³-hybridized carbons (Fsp3) is 0.435. The number of hydrogen-bond donors (Lipinski definition) is 2. The molecule has 2 aromatic carbocycles. The molecule has 0 unspecified atom stereocenters. The Morgan fingerprint density at radius 3 is 2.32 bits per heavy atom. The van der Waals surface area contributed by atoms with E-state index in [1.165, 1.54) is 18.5 Å². The predicted octanol–water partition coefficient (Wildman–Crippen LogP) is 4.76. The van der Waals surface area contributed by atoms with Crippen molar-refractivity contribution >= 4 is 23.0 Å². The molecular formula is C23H31N3O2. The Hall–Kier alpha value is -2.69. The van der Waals surface area contributed by atoms with Crippen LogP contribution in [0.4, 0.5) is 17.1 Å². The van der Waals surface area contributed by atoms with Gasteiger partial charge in [-0.2, -0.15) is 0 Å². The van der Waals surface area contributed by atoms with Gasteiger partial charge in [-0.1, -0.05) is 6.92 Å². The Kier molecular flexibility index (Phi) is 7.18. The van der Waals surface area contributed by atoms with Crippen molar-refractivity contribution in [1.82, 2.24) is 0 Å². The largest absolute Gasteiger partial charge is 0.494 e. The molecule has 0 spiro atoms. The Labute approximate surface area is 168 Å². The van der Waals surface area contributed by atoms with Crippen LogP contribution >= 0.6 is 0 Å². The van der Waals surface area contributed by atoms with Crippen molar-refractivity contribution in [1.29, 1.82) is 0 Å². The van der Waals surface area contributed by atoms with Crippen molar-refractivity contribution in [3.63, 3.8) is 0 Å². The van der Waals surface area contributed by atoms with Crippen LogP contribution in [0.2, 0.25) is 0 Å². The van der Waals surface area contributed by atoms with Gasteiger partial charge in [0.1, 0.15) is 5.75 Å². The molecule has 3 rings (SSSR count). The molecule has 0 aromatic heterocycles. The average Bonchev–Trinajstić information content (AvgIpc) is 2.71. The van der Waals surface area contributed by atoms with Crippen molar-refractivity contribution in [2.24, 2.45) is 5.92 Å². The second-order valence-corrected chi connectivity index (χ2v) is 7.40. The third-order valence-electron chi connectivity index (χ3n) is 5.15. The molecule has 28 heavy (non-hydrogen) atoms. The summed E-state index contributed by atoms with van der Waals surface area (Å²) in [5.41, 5.74) is 3.11. The van der Waals surface area contributed by atoms with Gasteiger partial charge in [0, 0.05) is 43.1 Å². The number of nitrogens with zero attached hydrogens (tertiary/aromatic N) is 1. The van der Waals surface area contributed by atoms with Crippen LogP contribution in [0, 0.1) is 5.92 Å². The maximum absolute atomic E-state index is 12.1. The van der Waals surface area contributed by atoms with Crippen LogP contribution in [0.15, 0.2) is 48.5 Å². The molecule has 0 bridgehead atoms. The van der Waals surface area contributed by atoms with E-state index in [1.54, 1.807) is 0 Å². The summed E-state index contributed by atoms with van der Waals surface area (Å²) in [4.78, 5) is 14.6. The summed E-state index contributed by atoms with van der Waals surface area (Å²) in [6, 6.07) is 16.0. The molecule has 1 saturated heterocycles. The Balaban J connectivity index is 1.40. The minimum atomic E-state index is -0.00397. The zero-order chi connectivity index (χ0) is 19.8. The second kappa shape index (κ2) is 10.0. The fourth-order valence-electron chi connectivity index (χ4n) is 3.40. The number of nitrogens with one attached hydrogen (secondary N) is 2. The van der Waals surface area contributed by atoms with Crippen LogP contribution < -0.4 is 20.3 Å². The molecule has 1 amide bonds. The minimum absolute atomic E-state index is 0.00397. The average molecular weight is 382 g/mol. The third-order valence-corrected chi connectivity index (χ3v) is 5.15. The van der Waals surface area contributed by atoms with Gasteiger partial charge in [-0.3, -0.25) is 4.79 Å². The van der Waals surface area contributed by atoms with E-state index < -0.39 is 0 Å². The molecule has 1 aliphatic heterocycles. The first-order valence-electron chi connectivity index (χ1n) is 10.3. The van der Waals surface area contributed by atoms with Gasteiger partial charge in [0.05, 0.1) is 6.61 Å². The lowest BCUT2D eigenvalue weighted by atomic mass is 9.99. The lowest BCUT2D eigenvalue weighted by molar-refractivity contribution is -0.115. The Morgan fingerprint density at radius 2 is 1.68 bits per heavy atom. The molecule has 0 aliphatic carbocycles. The maximum atomic E-state index is 12.1. The van der Waals surface area contributed by atoms with Crippen molar-refractivity contribution in [3.05, 3.63) is 48.5 Å². The first kappa shape index (κ1) is 20.1. The monoisotopic (exact) mass is 381 g/mol. The molecular weight excluding hydrogens is 350 g/mol. The topological polar surface area (TPSA) is 53.6 Å². The number of carbonyl (C=O) groups excluding carboxylic acids is 1. The summed E-state index contributed by atoms with van der Waals surface area (Å²) in [7, 11) is 0. The van der Waals surface area contributed by atoms with Gasteiger partial charge in [0.2, 0.25) is 5.91 Å². The van der Waals surface area contributed by atoms with E-state index in [2.05, 4.69) is 46.7 Å². The summed E-state index contributed by atoms with van der Waals surface area (Å²) in [5.74, 6) is 1.64. The summed E-state index contributed by atoms with van der Waals surface area (Å²) in [6.07, 6.45) is 2.95. The zero-order valence-corrected chi connectivity index (χ0v) is 16.9. The number of anilines is 3. The third kappa shape index (κ3) is 5.91. The lowest BCUT2D eigenvalue weighted by Crippen LogP contribution is -2.32. The van der Waals surface area contributed by atoms with E-state index in [4.69, 9.17) is 4.74 Å². The highest BCUT2D eigenvalue weighted by atomic mass is 16.5. The molecule has 2 aromatic rings. The van der Waals surface area contributed by atoms with Gasteiger partial charge in [-0.05, 0) is 74.2 Å². The SMILES string of the molecule is CCOc1ccc(NC(=O)CCNc2ccc(N3CCC(C)CC3)cc2)cc1. The highest BCUT2D eigenvalue weighted by Gasteiger charge is 2.15. The number of ether oxygens (including phenoxy) is 1. The van der Waals surface area contributed by atoms with E-state index in [9.17, 15) is 4.79 Å². The van der Waals surface area contributed by atoms with Crippen molar-refractivity contribution in [2.75, 3.05) is 41.8 Å². The maximum Gasteiger partial charge on any atom is 0.226 e. The van der Waals surface area contributed by atoms with Crippen LogP contribution in [0.5, 0.6) is 5.75 Å². The van der Waals surface area contributed by atoms with Gasteiger partial charge in [0.25, 0.3) is 0 Å². The highest BCUT2D eigenvalue weighted by Crippen LogP contribution is 2.24. The van der Waals surface area contributed by atoms with Gasteiger partial charge >= 0.3 is 0 Å². The van der Waals surface area contributed by atoms with Gasteiger partial charge in [-0.25, -0.2) is 0 Å². The second-order valence-electron chi connectivity index (χ2n) is 7.40. The van der Waals surface area contributed by atoms with Gasteiger partial charge in [-0.15, -0.1) is 0 Å². The quantitative estimate of drug-likeness (QED) is 0.692. The standard InChI is InChI=1S/C23H31N3O2/c1-3-28-22-10-6-20(7-11-22)25-23(27)12-15-24-19-4-8-21(9-5-19)26-16-13-18(2)14-17-26/h4-11,18,24H,3,12-17H2,1-2H3,(H,25,27). The first-order valence-corrected chi connectivity index (χ1v) is 10.3. The van der Waals surface area contributed by atoms with Crippen LogP contribution in [-0.2, 0) is 4.79 Å². The smallest absolute Gasteiger partial charge is 0.226 e. The molecule has 5 nitrogen and oxygen atoms in total. The molecule has 0 radical (unpaired) electrons. The molecule has 5 heteroatoms. The van der Waals surface area contributed by atoms with E-state index in [1.807, 2.05) is 31.2 Å². The first-order chi connectivity index (χ1) is 13.6. The molecule has 0 saturated carbocycles. The van der Waals surface area contributed by atoms with Crippen molar-refractivity contribution in [2.45, 2.75) is 33.1 Å². The number of carbonyl (C=O) groups is 1. The molecule has 1 heterocycles. The molecule has 1 fully saturated rings. The summed E-state index contributed by atoms with van der Waals surface area (Å²) in [6.45, 7) is 7.79. The molecule has 2 N–H and O–H groups in total. The Bertz CT molecular complexity index is 735. The van der Waals surface area contributed by atoms with Crippen molar-refractivity contribution in [3.8, 4) is 5.75 Å². The number of rotatable bonds is 8. The predicted molar refractivity (Wildman–Crippen MR) is 116 cm³/mol. The number of piperidine rings is 1. The summed E-state index contributed by atoms with van der Waals surface area (Å²) in [5, 5.41) is 6.24. The van der Waals surface area contributed by atoms with Gasteiger partial charge in [0.15, 0.2) is 0 Å². The van der Waals surface area contributed by atoms with E-state index in [0.29, 0.717) is 19.6 Å². The van der Waals surface area contributed by atoms with Crippen LogP contribution in [0.1, 0.15) is 33.1 Å². The van der Waals surface area contributed by atoms with Crippen molar-refractivity contribution < 1.29 is 9.53 Å². The van der Waals surface area contributed by atoms with E-state index in [-0.39, 0.29) is 5.91 Å². The summed E-state index contributed by atoms with van der Waals surface area (Å²) < 4.78 is 5.41. The van der Waals surface area contributed by atoms with E-state index >= 15 is 0 Å². The number of benzene rings is 2. The van der Waals surface area contributed by atoms with Gasteiger partial charge < -0.3 is 20.3 Å². The van der Waals surface area contributed by atoms with Crippen LogP contribution in [0.25, 0.3) is 0 Å². The van der Waals surface area contributed by atoms with Crippen LogP contribution in [-0.4, -0.2) is 32.1 Å². The molecule has 1 aliphatic rings. The molecule has 0 atom stereocenters. The number of hydrogen-bond acceptors (Lipinski definition) is 4. The summed E-state index contributed by atoms with van der Waals surface area (Å²) >= 11 is 0. The zero-order valence-electron chi connectivity index (χ0n) is 16.9. The normalized spacial score (nSPS) is 14.6. The van der Waals surface area contributed by atoms with E-state index in [0.717, 1.165) is 36.1 Å². The molecule has 150 valence electrons. The lowest BCUT2D eigenvalue weighted by Gasteiger charge is -2.32.